The summed E-state index contributed by atoms with van der Waals surface area (Å²) in [7, 11) is 0. The van der Waals surface area contributed by atoms with E-state index in [2.05, 4.69) is 109 Å². The molecule has 0 N–H and O–H groups in total. The molecule has 0 unspecified atom stereocenters. The predicted octanol–water partition coefficient (Wildman–Crippen LogP) is 13.4. The van der Waals surface area contributed by atoms with E-state index >= 15 is 0 Å². The van der Waals surface area contributed by atoms with E-state index in [-0.39, 0.29) is 0 Å². The number of fused-ring (bicyclic) bond motifs is 6. The fraction of sp³-hybridized carbons (Fsp3) is 0. The van der Waals surface area contributed by atoms with Crippen molar-refractivity contribution in [2.75, 3.05) is 0 Å². The van der Waals surface area contributed by atoms with Gasteiger partial charge in [-0.15, -0.1) is 22.7 Å². The minimum absolute atomic E-state index is 0.644. The van der Waals surface area contributed by atoms with Crippen LogP contribution in [0.2, 0.25) is 0 Å². The van der Waals surface area contributed by atoms with Crippen LogP contribution in [0.3, 0.4) is 0 Å². The first kappa shape index (κ1) is 32.5. The van der Waals surface area contributed by atoms with Crippen LogP contribution in [0.15, 0.2) is 176 Å². The molecule has 0 bridgehead atoms. The smallest absolute Gasteiger partial charge is 0.164 e. The first-order chi connectivity index (χ1) is 27.7. The summed E-state index contributed by atoms with van der Waals surface area (Å²) in [6.07, 6.45) is 0. The average Bonchev–Trinajstić information content (AvgIpc) is 3.84. The van der Waals surface area contributed by atoms with Gasteiger partial charge < -0.3 is 0 Å². The van der Waals surface area contributed by atoms with Crippen LogP contribution in [0.25, 0.3) is 108 Å². The minimum Gasteiger partial charge on any atom is -0.226 e. The Morgan fingerprint density at radius 1 is 0.286 bits per heavy atom. The molecule has 0 saturated heterocycles. The highest BCUT2D eigenvalue weighted by Crippen LogP contribution is 2.42. The maximum Gasteiger partial charge on any atom is 0.164 e. The minimum atomic E-state index is 0.644. The molecule has 0 atom stereocenters. The van der Waals surface area contributed by atoms with Crippen LogP contribution >= 0.6 is 22.7 Å². The highest BCUT2D eigenvalue weighted by atomic mass is 32.1. The van der Waals surface area contributed by atoms with Gasteiger partial charge in [0.1, 0.15) is 0 Å². The molecule has 0 amide bonds. The zero-order valence-corrected chi connectivity index (χ0v) is 31.4. The van der Waals surface area contributed by atoms with Gasteiger partial charge in [0.2, 0.25) is 0 Å². The Morgan fingerprint density at radius 2 is 0.804 bits per heavy atom. The van der Waals surface area contributed by atoms with E-state index in [4.69, 9.17) is 24.9 Å². The zero-order chi connectivity index (χ0) is 37.0. The summed E-state index contributed by atoms with van der Waals surface area (Å²) in [5.74, 6) is 2.69. The van der Waals surface area contributed by atoms with Gasteiger partial charge in [-0.25, -0.2) is 24.9 Å². The van der Waals surface area contributed by atoms with E-state index in [1.807, 2.05) is 66.7 Å². The van der Waals surface area contributed by atoms with Gasteiger partial charge in [0.05, 0.1) is 15.9 Å². The van der Waals surface area contributed by atoms with E-state index in [1.165, 1.54) is 30.3 Å². The Balaban J connectivity index is 0.956. The van der Waals surface area contributed by atoms with Crippen molar-refractivity contribution < 1.29 is 0 Å². The third-order valence-corrected chi connectivity index (χ3v) is 12.5. The van der Waals surface area contributed by atoms with Gasteiger partial charge in [0.15, 0.2) is 23.3 Å². The van der Waals surface area contributed by atoms with Crippen LogP contribution in [-0.4, -0.2) is 24.9 Å². The summed E-state index contributed by atoms with van der Waals surface area (Å²) in [6, 6.07) is 61.0. The van der Waals surface area contributed by atoms with Crippen molar-refractivity contribution in [2.45, 2.75) is 0 Å². The Labute approximate surface area is 330 Å². The summed E-state index contributed by atoms with van der Waals surface area (Å²) in [5, 5.41) is 3.63. The molecule has 0 radical (unpaired) electrons. The van der Waals surface area contributed by atoms with Crippen molar-refractivity contribution in [3.8, 4) is 67.9 Å². The fourth-order valence-corrected chi connectivity index (χ4v) is 9.64. The summed E-state index contributed by atoms with van der Waals surface area (Å²) in [6.45, 7) is 0. The van der Waals surface area contributed by atoms with Crippen molar-refractivity contribution in [1.29, 1.82) is 0 Å². The van der Waals surface area contributed by atoms with Crippen molar-refractivity contribution in [1.82, 2.24) is 24.9 Å². The second-order valence-electron chi connectivity index (χ2n) is 13.7. The number of aromatic nitrogens is 5. The standard InChI is InChI=1S/C49H29N5S2/c1-4-12-31(13-5-1)43-45-44(38-18-10-11-19-40(38)56-45)51-49(50-43)36-24-26-37-39-28-35(25-27-41(39)55-42(37)29-36)30-20-22-34(23-21-30)48-53-46(32-14-6-2-7-15-32)52-47(54-48)33-16-8-3-9-17-33/h1-29H. The lowest BCUT2D eigenvalue weighted by Crippen LogP contribution is -2.00. The molecular formula is C49H29N5S2. The summed E-state index contributed by atoms with van der Waals surface area (Å²) < 4.78 is 4.79. The molecule has 4 heterocycles. The Kier molecular flexibility index (Phi) is 7.79. The maximum atomic E-state index is 5.21. The largest absolute Gasteiger partial charge is 0.226 e. The molecule has 11 rings (SSSR count). The second-order valence-corrected chi connectivity index (χ2v) is 15.8. The monoisotopic (exact) mass is 751 g/mol. The van der Waals surface area contributed by atoms with E-state index < -0.39 is 0 Å². The first-order valence-corrected chi connectivity index (χ1v) is 20.0. The highest BCUT2D eigenvalue weighted by Gasteiger charge is 2.18. The number of benzene rings is 7. The maximum absolute atomic E-state index is 5.21. The molecule has 262 valence electrons. The summed E-state index contributed by atoms with van der Waals surface area (Å²) in [4.78, 5) is 25.1. The van der Waals surface area contributed by atoms with Crippen LogP contribution in [0.5, 0.6) is 0 Å². The molecule has 0 aliphatic carbocycles. The third-order valence-electron chi connectivity index (χ3n) is 10.2. The molecule has 11 aromatic rings. The van der Waals surface area contributed by atoms with Gasteiger partial charge in [-0.05, 0) is 35.4 Å². The molecular weight excluding hydrogens is 723 g/mol. The van der Waals surface area contributed by atoms with Crippen LogP contribution in [0.4, 0.5) is 0 Å². The van der Waals surface area contributed by atoms with Gasteiger partial charge in [-0.3, -0.25) is 0 Å². The quantitative estimate of drug-likeness (QED) is 0.169. The van der Waals surface area contributed by atoms with Gasteiger partial charge in [0.25, 0.3) is 0 Å². The Hall–Kier alpha value is -6.93. The van der Waals surface area contributed by atoms with Crippen molar-refractivity contribution in [2.24, 2.45) is 0 Å². The topological polar surface area (TPSA) is 64.5 Å². The number of hydrogen-bond donors (Lipinski definition) is 0. The van der Waals surface area contributed by atoms with Crippen molar-refractivity contribution >= 4 is 63.1 Å². The molecule has 7 heteroatoms. The number of nitrogens with zero attached hydrogens (tertiary/aromatic N) is 5. The van der Waals surface area contributed by atoms with E-state index in [9.17, 15) is 0 Å². The van der Waals surface area contributed by atoms with E-state index in [0.717, 1.165) is 60.7 Å². The molecule has 4 aromatic heterocycles. The second kappa shape index (κ2) is 13.4. The first-order valence-electron chi connectivity index (χ1n) is 18.4. The number of thiophene rings is 2. The Bertz CT molecular complexity index is 3170. The average molecular weight is 752 g/mol. The van der Waals surface area contributed by atoms with Crippen molar-refractivity contribution in [3.05, 3.63) is 176 Å². The highest BCUT2D eigenvalue weighted by molar-refractivity contribution is 7.26. The van der Waals surface area contributed by atoms with E-state index in [0.29, 0.717) is 17.5 Å². The van der Waals surface area contributed by atoms with Crippen molar-refractivity contribution in [3.63, 3.8) is 0 Å². The van der Waals surface area contributed by atoms with Crippen LogP contribution < -0.4 is 0 Å². The summed E-state index contributed by atoms with van der Waals surface area (Å²) >= 11 is 3.56. The lowest BCUT2D eigenvalue weighted by Gasteiger charge is -2.09. The molecule has 0 aliphatic rings. The SMILES string of the molecule is c1ccc(-c2nc(-c3ccccc3)nc(-c3ccc(-c4ccc5sc6cc(-c7nc(-c8ccccc8)c8sc9ccccc9c8n7)ccc6c5c4)cc3)n2)cc1. The molecule has 0 saturated carbocycles. The summed E-state index contributed by atoms with van der Waals surface area (Å²) in [5.41, 5.74) is 9.22. The number of rotatable bonds is 6. The molecule has 7 aromatic carbocycles. The number of hydrogen-bond acceptors (Lipinski definition) is 7. The fourth-order valence-electron chi connectivity index (χ4n) is 7.36. The van der Waals surface area contributed by atoms with Gasteiger partial charge in [-0.1, -0.05) is 152 Å². The lowest BCUT2D eigenvalue weighted by atomic mass is 10.0. The normalized spacial score (nSPS) is 11.6. The van der Waals surface area contributed by atoms with E-state index in [1.54, 1.807) is 22.7 Å². The van der Waals surface area contributed by atoms with Gasteiger partial charge in [-0.2, -0.15) is 0 Å². The van der Waals surface area contributed by atoms with Gasteiger partial charge >= 0.3 is 0 Å². The lowest BCUT2D eigenvalue weighted by molar-refractivity contribution is 1.07. The zero-order valence-electron chi connectivity index (χ0n) is 29.8. The molecule has 0 spiro atoms. The molecule has 0 aliphatic heterocycles. The molecule has 56 heavy (non-hydrogen) atoms. The third kappa shape index (κ3) is 5.73. The van der Waals surface area contributed by atoms with Crippen LogP contribution in [0, 0.1) is 0 Å². The molecule has 0 fully saturated rings. The van der Waals surface area contributed by atoms with Crippen LogP contribution in [0.1, 0.15) is 0 Å². The predicted molar refractivity (Wildman–Crippen MR) is 234 cm³/mol. The molecule has 5 nitrogen and oxygen atoms in total. The van der Waals surface area contributed by atoms with Crippen LogP contribution in [-0.2, 0) is 0 Å². The Morgan fingerprint density at radius 3 is 1.48 bits per heavy atom. The van der Waals surface area contributed by atoms with Gasteiger partial charge in [0, 0.05) is 58.1 Å².